The molecule has 0 bridgehead atoms. The van der Waals surface area contributed by atoms with E-state index in [0.717, 1.165) is 39.0 Å². The van der Waals surface area contributed by atoms with E-state index in [1.165, 1.54) is 13.0 Å². The SMILES string of the molecule is CCCNCC(C)CN1CCC(O)CC1. The zero-order valence-corrected chi connectivity index (χ0v) is 10.2. The van der Waals surface area contributed by atoms with Crippen molar-refractivity contribution in [3.63, 3.8) is 0 Å². The summed E-state index contributed by atoms with van der Waals surface area (Å²) >= 11 is 0. The Morgan fingerprint density at radius 2 is 2.07 bits per heavy atom. The van der Waals surface area contributed by atoms with Crippen molar-refractivity contribution in [2.24, 2.45) is 5.92 Å². The summed E-state index contributed by atoms with van der Waals surface area (Å²) in [6, 6.07) is 0. The highest BCUT2D eigenvalue weighted by Crippen LogP contribution is 2.11. The lowest BCUT2D eigenvalue weighted by Gasteiger charge is -2.31. The van der Waals surface area contributed by atoms with Gasteiger partial charge < -0.3 is 15.3 Å². The van der Waals surface area contributed by atoms with Gasteiger partial charge in [0.15, 0.2) is 0 Å². The Morgan fingerprint density at radius 1 is 1.40 bits per heavy atom. The summed E-state index contributed by atoms with van der Waals surface area (Å²) in [4.78, 5) is 2.48. The van der Waals surface area contributed by atoms with Gasteiger partial charge in [-0.05, 0) is 38.3 Å². The Kier molecular flexibility index (Phi) is 6.22. The summed E-state index contributed by atoms with van der Waals surface area (Å²) in [5.74, 6) is 0.715. The number of nitrogens with zero attached hydrogens (tertiary/aromatic N) is 1. The monoisotopic (exact) mass is 214 g/mol. The van der Waals surface area contributed by atoms with Crippen molar-refractivity contribution in [3.05, 3.63) is 0 Å². The van der Waals surface area contributed by atoms with Crippen molar-refractivity contribution in [1.29, 1.82) is 0 Å². The van der Waals surface area contributed by atoms with Crippen LogP contribution in [0.5, 0.6) is 0 Å². The third-order valence-corrected chi connectivity index (χ3v) is 3.05. The molecule has 15 heavy (non-hydrogen) atoms. The molecule has 2 N–H and O–H groups in total. The van der Waals surface area contributed by atoms with Crippen LogP contribution in [0.3, 0.4) is 0 Å². The molecule has 1 atom stereocenters. The van der Waals surface area contributed by atoms with Crippen molar-refractivity contribution >= 4 is 0 Å². The molecule has 1 heterocycles. The van der Waals surface area contributed by atoms with E-state index in [1.54, 1.807) is 0 Å². The fraction of sp³-hybridized carbons (Fsp3) is 1.00. The molecule has 0 aliphatic carbocycles. The minimum atomic E-state index is -0.0465. The lowest BCUT2D eigenvalue weighted by Crippen LogP contribution is -2.40. The summed E-state index contributed by atoms with van der Waals surface area (Å²) in [7, 11) is 0. The average Bonchev–Trinajstić information content (AvgIpc) is 2.22. The van der Waals surface area contributed by atoms with Crippen LogP contribution in [0.2, 0.25) is 0 Å². The second-order valence-corrected chi connectivity index (χ2v) is 4.84. The molecule has 0 radical (unpaired) electrons. The molecule has 90 valence electrons. The normalized spacial score (nSPS) is 21.8. The first kappa shape index (κ1) is 12.9. The number of hydrogen-bond donors (Lipinski definition) is 2. The van der Waals surface area contributed by atoms with E-state index < -0.39 is 0 Å². The molecule has 0 aromatic rings. The van der Waals surface area contributed by atoms with Crippen LogP contribution < -0.4 is 5.32 Å². The molecular formula is C12H26N2O. The van der Waals surface area contributed by atoms with Crippen LogP contribution in [0.15, 0.2) is 0 Å². The minimum Gasteiger partial charge on any atom is -0.393 e. The fourth-order valence-corrected chi connectivity index (χ4v) is 2.13. The van der Waals surface area contributed by atoms with Crippen molar-refractivity contribution in [2.75, 3.05) is 32.7 Å². The highest BCUT2D eigenvalue weighted by Gasteiger charge is 2.18. The Hall–Kier alpha value is -0.120. The molecule has 0 amide bonds. The quantitative estimate of drug-likeness (QED) is 0.650. The van der Waals surface area contributed by atoms with Crippen LogP contribution in [-0.2, 0) is 0 Å². The maximum absolute atomic E-state index is 9.40. The topological polar surface area (TPSA) is 35.5 Å². The number of aliphatic hydroxyl groups is 1. The van der Waals surface area contributed by atoms with Crippen LogP contribution in [-0.4, -0.2) is 48.8 Å². The van der Waals surface area contributed by atoms with Gasteiger partial charge in [-0.3, -0.25) is 0 Å². The number of likely N-dealkylation sites (tertiary alicyclic amines) is 1. The Labute approximate surface area is 93.9 Å². The van der Waals surface area contributed by atoms with Gasteiger partial charge in [-0.1, -0.05) is 13.8 Å². The third-order valence-electron chi connectivity index (χ3n) is 3.05. The van der Waals surface area contributed by atoms with Gasteiger partial charge in [-0.25, -0.2) is 0 Å². The molecule has 0 spiro atoms. The van der Waals surface area contributed by atoms with Crippen LogP contribution in [0.4, 0.5) is 0 Å². The summed E-state index contributed by atoms with van der Waals surface area (Å²) in [6.45, 7) is 10.1. The van der Waals surface area contributed by atoms with E-state index in [0.29, 0.717) is 5.92 Å². The van der Waals surface area contributed by atoms with Gasteiger partial charge in [0, 0.05) is 19.6 Å². The zero-order valence-electron chi connectivity index (χ0n) is 10.2. The highest BCUT2D eigenvalue weighted by atomic mass is 16.3. The molecule has 0 aromatic carbocycles. The predicted molar refractivity (Wildman–Crippen MR) is 64.0 cm³/mol. The molecule has 3 nitrogen and oxygen atoms in total. The lowest BCUT2D eigenvalue weighted by atomic mass is 10.1. The third kappa shape index (κ3) is 5.50. The number of rotatable bonds is 6. The van der Waals surface area contributed by atoms with Gasteiger partial charge in [0.05, 0.1) is 6.10 Å². The molecular weight excluding hydrogens is 188 g/mol. The first-order valence-electron chi connectivity index (χ1n) is 6.33. The molecule has 1 fully saturated rings. The second-order valence-electron chi connectivity index (χ2n) is 4.84. The summed E-state index contributed by atoms with van der Waals surface area (Å²) < 4.78 is 0. The predicted octanol–water partition coefficient (Wildman–Crippen LogP) is 1.08. The average molecular weight is 214 g/mol. The standard InChI is InChI=1S/C12H26N2O/c1-3-6-13-9-11(2)10-14-7-4-12(15)5-8-14/h11-13,15H,3-10H2,1-2H3. The molecule has 1 aliphatic heterocycles. The van der Waals surface area contributed by atoms with E-state index in [2.05, 4.69) is 24.1 Å². The molecule has 1 unspecified atom stereocenters. The summed E-state index contributed by atoms with van der Waals surface area (Å²) in [6.07, 6.45) is 3.07. The van der Waals surface area contributed by atoms with Gasteiger partial charge in [-0.2, -0.15) is 0 Å². The molecule has 0 saturated carbocycles. The maximum Gasteiger partial charge on any atom is 0.0564 e. The fourth-order valence-electron chi connectivity index (χ4n) is 2.13. The van der Waals surface area contributed by atoms with Gasteiger partial charge in [0.1, 0.15) is 0 Å². The highest BCUT2D eigenvalue weighted by molar-refractivity contribution is 4.73. The number of piperidine rings is 1. The summed E-state index contributed by atoms with van der Waals surface area (Å²) in [5.41, 5.74) is 0. The molecule has 1 saturated heterocycles. The van der Waals surface area contributed by atoms with Gasteiger partial charge >= 0.3 is 0 Å². The number of hydrogen-bond acceptors (Lipinski definition) is 3. The van der Waals surface area contributed by atoms with Crippen molar-refractivity contribution in [3.8, 4) is 0 Å². The molecule has 1 aliphatic rings. The zero-order chi connectivity index (χ0) is 11.1. The van der Waals surface area contributed by atoms with Gasteiger partial charge in [0.2, 0.25) is 0 Å². The first-order chi connectivity index (χ1) is 7.22. The number of aliphatic hydroxyl groups excluding tert-OH is 1. The van der Waals surface area contributed by atoms with Crippen LogP contribution in [0, 0.1) is 5.92 Å². The van der Waals surface area contributed by atoms with Crippen molar-refractivity contribution < 1.29 is 5.11 Å². The van der Waals surface area contributed by atoms with Crippen LogP contribution in [0.1, 0.15) is 33.1 Å². The minimum absolute atomic E-state index is 0.0465. The summed E-state index contributed by atoms with van der Waals surface area (Å²) in [5, 5.41) is 12.9. The van der Waals surface area contributed by atoms with Crippen molar-refractivity contribution in [1.82, 2.24) is 10.2 Å². The smallest absolute Gasteiger partial charge is 0.0564 e. The van der Waals surface area contributed by atoms with E-state index >= 15 is 0 Å². The lowest BCUT2D eigenvalue weighted by molar-refractivity contribution is 0.0760. The number of nitrogens with one attached hydrogen (secondary N) is 1. The van der Waals surface area contributed by atoms with Crippen LogP contribution >= 0.6 is 0 Å². The van der Waals surface area contributed by atoms with Gasteiger partial charge in [-0.15, -0.1) is 0 Å². The van der Waals surface area contributed by atoms with Gasteiger partial charge in [0.25, 0.3) is 0 Å². The van der Waals surface area contributed by atoms with Crippen molar-refractivity contribution in [2.45, 2.75) is 39.2 Å². The largest absolute Gasteiger partial charge is 0.393 e. The van der Waals surface area contributed by atoms with E-state index in [-0.39, 0.29) is 6.10 Å². The van der Waals surface area contributed by atoms with E-state index in [9.17, 15) is 5.11 Å². The molecule has 1 rings (SSSR count). The van der Waals surface area contributed by atoms with E-state index in [1.807, 2.05) is 0 Å². The molecule has 0 aromatic heterocycles. The Balaban J connectivity index is 2.06. The second kappa shape index (κ2) is 7.20. The maximum atomic E-state index is 9.40. The Morgan fingerprint density at radius 3 is 2.67 bits per heavy atom. The molecule has 3 heteroatoms. The Bertz CT molecular complexity index is 156. The van der Waals surface area contributed by atoms with E-state index in [4.69, 9.17) is 0 Å². The first-order valence-corrected chi connectivity index (χ1v) is 6.33. The van der Waals surface area contributed by atoms with Crippen LogP contribution in [0.25, 0.3) is 0 Å².